The van der Waals surface area contributed by atoms with Crippen molar-refractivity contribution in [3.05, 3.63) is 35.4 Å². The standard InChI is InChI=1S/C13H16F3NO2S/c1-12(2,10(17)11(18)19)20-7-8-5-3-4-6-9(8)13(14,15)16/h3-6,10H,7,17H2,1-2H3,(H,18,19)/t10-/m0/s1. The number of alkyl halides is 3. The number of hydrogen-bond donors (Lipinski definition) is 2. The minimum Gasteiger partial charge on any atom is -0.480 e. The molecule has 112 valence electrons. The maximum absolute atomic E-state index is 12.8. The highest BCUT2D eigenvalue weighted by Crippen LogP contribution is 2.36. The van der Waals surface area contributed by atoms with Crippen molar-refractivity contribution in [3.63, 3.8) is 0 Å². The Labute approximate surface area is 119 Å². The van der Waals surface area contributed by atoms with Crippen molar-refractivity contribution in [2.45, 2.75) is 36.6 Å². The van der Waals surface area contributed by atoms with Crippen LogP contribution in [0.5, 0.6) is 0 Å². The van der Waals surface area contributed by atoms with Crippen LogP contribution in [0.1, 0.15) is 25.0 Å². The van der Waals surface area contributed by atoms with Crippen LogP contribution in [-0.4, -0.2) is 21.9 Å². The Kier molecular flexibility index (Phi) is 5.10. The molecule has 20 heavy (non-hydrogen) atoms. The van der Waals surface area contributed by atoms with E-state index in [0.29, 0.717) is 0 Å². The van der Waals surface area contributed by atoms with Crippen molar-refractivity contribution in [1.29, 1.82) is 0 Å². The average Bonchev–Trinajstić information content (AvgIpc) is 2.34. The normalized spacial score (nSPS) is 14.1. The maximum Gasteiger partial charge on any atom is 0.416 e. The van der Waals surface area contributed by atoms with Gasteiger partial charge in [-0.25, -0.2) is 0 Å². The van der Waals surface area contributed by atoms with E-state index in [0.717, 1.165) is 17.8 Å². The first-order valence-corrected chi connectivity index (χ1v) is 6.81. The molecule has 1 aromatic carbocycles. The lowest BCUT2D eigenvalue weighted by atomic mass is 10.1. The zero-order valence-corrected chi connectivity index (χ0v) is 11.9. The van der Waals surface area contributed by atoms with E-state index in [-0.39, 0.29) is 11.3 Å². The van der Waals surface area contributed by atoms with E-state index in [1.807, 2.05) is 0 Å². The molecule has 7 heteroatoms. The average molecular weight is 307 g/mol. The second-order valence-electron chi connectivity index (χ2n) is 4.86. The van der Waals surface area contributed by atoms with Crippen LogP contribution < -0.4 is 5.73 Å². The van der Waals surface area contributed by atoms with Crippen LogP contribution in [0.3, 0.4) is 0 Å². The Balaban J connectivity index is 2.88. The number of hydrogen-bond acceptors (Lipinski definition) is 3. The number of carboxylic acid groups (broad SMARTS) is 1. The zero-order chi connectivity index (χ0) is 15.6. The van der Waals surface area contributed by atoms with Crippen LogP contribution in [0.25, 0.3) is 0 Å². The third-order valence-corrected chi connectivity index (χ3v) is 4.39. The molecule has 3 N–H and O–H groups in total. The molecule has 0 aliphatic carbocycles. The summed E-state index contributed by atoms with van der Waals surface area (Å²) in [7, 11) is 0. The summed E-state index contributed by atoms with van der Waals surface area (Å²) in [5.41, 5.74) is 4.96. The predicted octanol–water partition coefficient (Wildman–Crippen LogP) is 3.13. The zero-order valence-electron chi connectivity index (χ0n) is 11.1. The van der Waals surface area contributed by atoms with Crippen LogP contribution in [0.15, 0.2) is 24.3 Å². The van der Waals surface area contributed by atoms with E-state index in [4.69, 9.17) is 10.8 Å². The number of halogens is 3. The Hall–Kier alpha value is -1.21. The van der Waals surface area contributed by atoms with Gasteiger partial charge in [0.1, 0.15) is 6.04 Å². The molecule has 0 heterocycles. The quantitative estimate of drug-likeness (QED) is 0.877. The van der Waals surface area contributed by atoms with Gasteiger partial charge in [-0.3, -0.25) is 4.79 Å². The third-order valence-electron chi connectivity index (χ3n) is 2.94. The second kappa shape index (κ2) is 6.05. The van der Waals surface area contributed by atoms with Crippen molar-refractivity contribution < 1.29 is 23.1 Å². The fraction of sp³-hybridized carbons (Fsp3) is 0.462. The molecule has 0 fully saturated rings. The smallest absolute Gasteiger partial charge is 0.416 e. The van der Waals surface area contributed by atoms with E-state index in [1.54, 1.807) is 13.8 Å². The molecule has 3 nitrogen and oxygen atoms in total. The highest BCUT2D eigenvalue weighted by atomic mass is 32.2. The molecule has 0 saturated carbocycles. The number of carbonyl (C=O) groups is 1. The topological polar surface area (TPSA) is 63.3 Å². The van der Waals surface area contributed by atoms with Crippen molar-refractivity contribution in [2.75, 3.05) is 0 Å². The van der Waals surface area contributed by atoms with Crippen LogP contribution in [-0.2, 0) is 16.7 Å². The predicted molar refractivity (Wildman–Crippen MR) is 72.4 cm³/mol. The highest BCUT2D eigenvalue weighted by molar-refractivity contribution is 7.99. The monoisotopic (exact) mass is 307 g/mol. The lowest BCUT2D eigenvalue weighted by Gasteiger charge is -2.28. The number of carboxylic acids is 1. The van der Waals surface area contributed by atoms with Gasteiger partial charge in [-0.15, -0.1) is 11.8 Å². The van der Waals surface area contributed by atoms with E-state index < -0.39 is 28.5 Å². The fourth-order valence-corrected chi connectivity index (χ4v) is 2.63. The Bertz CT molecular complexity index is 489. The largest absolute Gasteiger partial charge is 0.480 e. The summed E-state index contributed by atoms with van der Waals surface area (Å²) in [6.07, 6.45) is -4.42. The van der Waals surface area contributed by atoms with Crippen molar-refractivity contribution in [3.8, 4) is 0 Å². The molecule has 0 bridgehead atoms. The molecule has 0 aromatic heterocycles. The molecule has 1 rings (SSSR count). The number of thioether (sulfide) groups is 1. The molecule has 0 radical (unpaired) electrons. The fourth-order valence-electron chi connectivity index (χ4n) is 1.57. The lowest BCUT2D eigenvalue weighted by Crippen LogP contribution is -2.46. The van der Waals surface area contributed by atoms with E-state index in [9.17, 15) is 18.0 Å². The van der Waals surface area contributed by atoms with Gasteiger partial charge >= 0.3 is 12.1 Å². The number of rotatable bonds is 5. The summed E-state index contributed by atoms with van der Waals surface area (Å²) >= 11 is 1.09. The van der Waals surface area contributed by atoms with Gasteiger partial charge in [-0.2, -0.15) is 13.2 Å². The Morgan fingerprint density at radius 1 is 1.35 bits per heavy atom. The summed E-state index contributed by atoms with van der Waals surface area (Å²) in [6, 6.07) is 4.10. The highest BCUT2D eigenvalue weighted by Gasteiger charge is 2.35. The Morgan fingerprint density at radius 2 is 1.90 bits per heavy atom. The van der Waals surface area contributed by atoms with Crippen molar-refractivity contribution in [1.82, 2.24) is 0 Å². The van der Waals surface area contributed by atoms with Gasteiger partial charge < -0.3 is 10.8 Å². The third kappa shape index (κ3) is 4.14. The Morgan fingerprint density at radius 3 is 2.40 bits per heavy atom. The summed E-state index contributed by atoms with van der Waals surface area (Å²) < 4.78 is 37.6. The number of aliphatic carboxylic acids is 1. The maximum atomic E-state index is 12.8. The van der Waals surface area contributed by atoms with E-state index in [2.05, 4.69) is 0 Å². The molecule has 0 unspecified atom stereocenters. The molecular formula is C13H16F3NO2S. The van der Waals surface area contributed by atoms with Crippen LogP contribution in [0.2, 0.25) is 0 Å². The first-order chi connectivity index (χ1) is 9.05. The van der Waals surface area contributed by atoms with Crippen LogP contribution >= 0.6 is 11.8 Å². The first kappa shape index (κ1) is 16.8. The van der Waals surface area contributed by atoms with Crippen LogP contribution in [0.4, 0.5) is 13.2 Å². The lowest BCUT2D eigenvalue weighted by molar-refractivity contribution is -0.139. The van der Waals surface area contributed by atoms with Crippen molar-refractivity contribution in [2.24, 2.45) is 5.73 Å². The van der Waals surface area contributed by atoms with Gasteiger partial charge in [0.15, 0.2) is 0 Å². The van der Waals surface area contributed by atoms with Gasteiger partial charge in [0.25, 0.3) is 0 Å². The van der Waals surface area contributed by atoms with Crippen LogP contribution in [0, 0.1) is 0 Å². The van der Waals surface area contributed by atoms with E-state index >= 15 is 0 Å². The molecule has 0 aliphatic heterocycles. The molecule has 1 atom stereocenters. The molecular weight excluding hydrogens is 291 g/mol. The van der Waals surface area contributed by atoms with Gasteiger partial charge in [-0.05, 0) is 25.5 Å². The van der Waals surface area contributed by atoms with E-state index in [1.165, 1.54) is 18.2 Å². The molecule has 0 amide bonds. The number of nitrogens with two attached hydrogens (primary N) is 1. The summed E-state index contributed by atoms with van der Waals surface area (Å²) in [5.74, 6) is -1.13. The van der Waals surface area contributed by atoms with Gasteiger partial charge in [0.2, 0.25) is 0 Å². The summed E-state index contributed by atoms with van der Waals surface area (Å²) in [4.78, 5) is 10.9. The summed E-state index contributed by atoms with van der Waals surface area (Å²) in [6.45, 7) is 3.21. The van der Waals surface area contributed by atoms with Gasteiger partial charge in [-0.1, -0.05) is 18.2 Å². The van der Waals surface area contributed by atoms with Gasteiger partial charge in [0.05, 0.1) is 5.56 Å². The molecule has 0 saturated heterocycles. The number of benzene rings is 1. The SMILES string of the molecule is CC(C)(SCc1ccccc1C(F)(F)F)[C@@H](N)C(=O)O. The minimum absolute atomic E-state index is 0.0453. The summed E-state index contributed by atoms with van der Waals surface area (Å²) in [5, 5.41) is 8.88. The second-order valence-corrected chi connectivity index (χ2v) is 6.49. The minimum atomic E-state index is -4.42. The molecule has 1 aromatic rings. The first-order valence-electron chi connectivity index (χ1n) is 5.83. The van der Waals surface area contributed by atoms with Gasteiger partial charge in [0, 0.05) is 10.5 Å². The van der Waals surface area contributed by atoms with Crippen molar-refractivity contribution >= 4 is 17.7 Å². The molecule has 0 spiro atoms. The molecule has 0 aliphatic rings.